The Hall–Kier alpha value is -0.820. The van der Waals surface area contributed by atoms with Crippen molar-refractivity contribution in [3.05, 3.63) is 33.4 Å². The predicted molar refractivity (Wildman–Crippen MR) is 90.4 cm³/mol. The van der Waals surface area contributed by atoms with Crippen molar-refractivity contribution in [3.63, 3.8) is 0 Å². The number of unbranched alkanes of at least 4 members (excludes halogenated alkanes) is 4. The van der Waals surface area contributed by atoms with Gasteiger partial charge in [0.05, 0.1) is 0 Å². The van der Waals surface area contributed by atoms with Crippen molar-refractivity contribution in [2.45, 2.75) is 86.1 Å². The van der Waals surface area contributed by atoms with Gasteiger partial charge in [-0.05, 0) is 74.4 Å². The fraction of sp³-hybridized carbons (Fsp3) is 0.684. The van der Waals surface area contributed by atoms with E-state index < -0.39 is 0 Å². The summed E-state index contributed by atoms with van der Waals surface area (Å²) >= 11 is 0. The zero-order valence-electron chi connectivity index (χ0n) is 14.4. The van der Waals surface area contributed by atoms with Gasteiger partial charge in [-0.15, -0.1) is 0 Å². The molecule has 0 fully saturated rings. The van der Waals surface area contributed by atoms with Crippen molar-refractivity contribution in [1.29, 1.82) is 0 Å². The van der Waals surface area contributed by atoms with Crippen molar-refractivity contribution >= 4 is 0 Å². The van der Waals surface area contributed by atoms with E-state index in [0.717, 1.165) is 6.42 Å². The minimum Gasteiger partial charge on any atom is -0.324 e. The van der Waals surface area contributed by atoms with Crippen LogP contribution >= 0.6 is 0 Å². The van der Waals surface area contributed by atoms with Gasteiger partial charge in [0.25, 0.3) is 0 Å². The van der Waals surface area contributed by atoms with Gasteiger partial charge in [0.1, 0.15) is 0 Å². The SMILES string of the molecule is CCCCCCCC(N)c1c(C)c(C)c(C)c(C)c1C. The first-order valence-corrected chi connectivity index (χ1v) is 8.24. The molecule has 0 aliphatic rings. The van der Waals surface area contributed by atoms with Crippen molar-refractivity contribution < 1.29 is 0 Å². The quantitative estimate of drug-likeness (QED) is 0.645. The van der Waals surface area contributed by atoms with Gasteiger partial charge in [-0.3, -0.25) is 0 Å². The van der Waals surface area contributed by atoms with Crippen LogP contribution in [0.5, 0.6) is 0 Å². The molecule has 0 amide bonds. The summed E-state index contributed by atoms with van der Waals surface area (Å²) in [4.78, 5) is 0. The second-order valence-corrected chi connectivity index (χ2v) is 6.35. The highest BCUT2D eigenvalue weighted by Gasteiger charge is 2.17. The van der Waals surface area contributed by atoms with Crippen LogP contribution in [0.25, 0.3) is 0 Å². The van der Waals surface area contributed by atoms with Crippen LogP contribution < -0.4 is 5.73 Å². The topological polar surface area (TPSA) is 26.0 Å². The monoisotopic (exact) mass is 275 g/mol. The predicted octanol–water partition coefficient (Wildman–Crippen LogP) is 5.59. The first kappa shape index (κ1) is 17.2. The Bertz CT molecular complexity index is 417. The molecule has 0 saturated heterocycles. The highest BCUT2D eigenvalue weighted by atomic mass is 14.6. The average Bonchev–Trinajstić information content (AvgIpc) is 2.43. The van der Waals surface area contributed by atoms with Gasteiger partial charge < -0.3 is 5.73 Å². The molecule has 0 radical (unpaired) electrons. The van der Waals surface area contributed by atoms with Crippen LogP contribution in [0.4, 0.5) is 0 Å². The summed E-state index contributed by atoms with van der Waals surface area (Å²) < 4.78 is 0. The van der Waals surface area contributed by atoms with Crippen LogP contribution in [-0.4, -0.2) is 0 Å². The third kappa shape index (κ3) is 3.85. The molecule has 1 aromatic rings. The van der Waals surface area contributed by atoms with Crippen molar-refractivity contribution in [2.24, 2.45) is 5.73 Å². The summed E-state index contributed by atoms with van der Waals surface area (Å²) in [5, 5.41) is 0. The summed E-state index contributed by atoms with van der Waals surface area (Å²) in [6, 6.07) is 0.203. The van der Waals surface area contributed by atoms with Crippen molar-refractivity contribution in [1.82, 2.24) is 0 Å². The molecule has 114 valence electrons. The molecular formula is C19H33N. The highest BCUT2D eigenvalue weighted by molar-refractivity contribution is 5.50. The van der Waals surface area contributed by atoms with Crippen LogP contribution in [0, 0.1) is 34.6 Å². The van der Waals surface area contributed by atoms with Gasteiger partial charge in [0, 0.05) is 6.04 Å². The normalized spacial score (nSPS) is 12.8. The number of hydrogen-bond donors (Lipinski definition) is 1. The Balaban J connectivity index is 2.80. The largest absolute Gasteiger partial charge is 0.324 e. The Morgan fingerprint density at radius 3 is 1.65 bits per heavy atom. The fourth-order valence-corrected chi connectivity index (χ4v) is 3.20. The van der Waals surface area contributed by atoms with Gasteiger partial charge in [-0.2, -0.15) is 0 Å². The Morgan fingerprint density at radius 1 is 0.700 bits per heavy atom. The maximum atomic E-state index is 6.50. The molecule has 0 bridgehead atoms. The molecule has 1 nitrogen and oxygen atoms in total. The minimum atomic E-state index is 0.203. The first-order valence-electron chi connectivity index (χ1n) is 8.24. The van der Waals surface area contributed by atoms with Gasteiger partial charge in [0.15, 0.2) is 0 Å². The van der Waals surface area contributed by atoms with Crippen LogP contribution in [0.2, 0.25) is 0 Å². The van der Waals surface area contributed by atoms with E-state index in [2.05, 4.69) is 41.5 Å². The minimum absolute atomic E-state index is 0.203. The van der Waals surface area contributed by atoms with E-state index in [1.807, 2.05) is 0 Å². The second-order valence-electron chi connectivity index (χ2n) is 6.35. The van der Waals surface area contributed by atoms with E-state index in [1.54, 1.807) is 0 Å². The first-order chi connectivity index (χ1) is 9.41. The molecule has 2 N–H and O–H groups in total. The lowest BCUT2D eigenvalue weighted by atomic mass is 9.85. The van der Waals surface area contributed by atoms with E-state index in [9.17, 15) is 0 Å². The van der Waals surface area contributed by atoms with E-state index in [0.29, 0.717) is 0 Å². The molecule has 0 saturated carbocycles. The number of hydrogen-bond acceptors (Lipinski definition) is 1. The summed E-state index contributed by atoms with van der Waals surface area (Å²) in [5.74, 6) is 0. The molecule has 0 aromatic heterocycles. The Morgan fingerprint density at radius 2 is 1.15 bits per heavy atom. The van der Waals surface area contributed by atoms with Gasteiger partial charge in [-0.25, -0.2) is 0 Å². The molecule has 20 heavy (non-hydrogen) atoms. The smallest absolute Gasteiger partial charge is 0.0300 e. The summed E-state index contributed by atoms with van der Waals surface area (Å²) in [5.41, 5.74) is 15.0. The van der Waals surface area contributed by atoms with Crippen molar-refractivity contribution in [2.75, 3.05) is 0 Å². The molecule has 0 aliphatic carbocycles. The second kappa shape index (κ2) is 7.83. The Labute approximate surface area is 126 Å². The third-order valence-corrected chi connectivity index (χ3v) is 5.05. The highest BCUT2D eigenvalue weighted by Crippen LogP contribution is 2.31. The fourth-order valence-electron chi connectivity index (χ4n) is 3.20. The number of nitrogens with two attached hydrogens (primary N) is 1. The molecule has 0 spiro atoms. The average molecular weight is 275 g/mol. The third-order valence-electron chi connectivity index (χ3n) is 5.05. The van der Waals surface area contributed by atoms with Gasteiger partial charge in [0.2, 0.25) is 0 Å². The van der Waals surface area contributed by atoms with E-state index >= 15 is 0 Å². The lowest BCUT2D eigenvalue weighted by Gasteiger charge is -2.23. The standard InChI is InChI=1S/C19H33N/c1-7-8-9-10-11-12-18(20)19-16(5)14(3)13(2)15(4)17(19)6/h18H,7-12,20H2,1-6H3. The molecule has 1 rings (SSSR count). The lowest BCUT2D eigenvalue weighted by molar-refractivity contribution is 0.552. The Kier molecular flexibility index (Phi) is 6.75. The van der Waals surface area contributed by atoms with E-state index in [1.165, 1.54) is 65.5 Å². The lowest BCUT2D eigenvalue weighted by Crippen LogP contribution is -2.15. The van der Waals surface area contributed by atoms with Crippen LogP contribution in [0.1, 0.15) is 84.9 Å². The number of benzene rings is 1. The summed E-state index contributed by atoms with van der Waals surface area (Å²) in [6.45, 7) is 13.4. The van der Waals surface area contributed by atoms with E-state index in [-0.39, 0.29) is 6.04 Å². The molecule has 0 aliphatic heterocycles. The van der Waals surface area contributed by atoms with Crippen molar-refractivity contribution in [3.8, 4) is 0 Å². The maximum Gasteiger partial charge on any atom is 0.0300 e. The molecule has 1 heteroatoms. The van der Waals surface area contributed by atoms with Gasteiger partial charge in [-0.1, -0.05) is 39.0 Å². The zero-order valence-corrected chi connectivity index (χ0v) is 14.4. The zero-order chi connectivity index (χ0) is 15.3. The summed E-state index contributed by atoms with van der Waals surface area (Å²) in [6.07, 6.45) is 7.71. The molecule has 0 heterocycles. The molecule has 1 aromatic carbocycles. The molecule has 1 unspecified atom stereocenters. The molecule has 1 atom stereocenters. The molecular weight excluding hydrogens is 242 g/mol. The van der Waals surface area contributed by atoms with Crippen LogP contribution in [-0.2, 0) is 0 Å². The van der Waals surface area contributed by atoms with Crippen LogP contribution in [0.3, 0.4) is 0 Å². The van der Waals surface area contributed by atoms with Crippen LogP contribution in [0.15, 0.2) is 0 Å². The maximum absolute atomic E-state index is 6.50. The number of rotatable bonds is 7. The van der Waals surface area contributed by atoms with E-state index in [4.69, 9.17) is 5.73 Å². The summed E-state index contributed by atoms with van der Waals surface area (Å²) in [7, 11) is 0. The van der Waals surface area contributed by atoms with Gasteiger partial charge >= 0.3 is 0 Å².